The zero-order valence-corrected chi connectivity index (χ0v) is 16.3. The number of carbonyl (C=O) groups is 1. The lowest BCUT2D eigenvalue weighted by Gasteiger charge is -2.25. The van der Waals surface area contributed by atoms with Crippen molar-refractivity contribution in [1.82, 2.24) is 4.90 Å². The first-order valence-electron chi connectivity index (χ1n) is 9.33. The minimum absolute atomic E-state index is 0.325. The van der Waals surface area contributed by atoms with Gasteiger partial charge in [0.2, 0.25) is 0 Å². The van der Waals surface area contributed by atoms with Crippen LogP contribution >= 0.6 is 0 Å². The Morgan fingerprint density at radius 1 is 1.07 bits per heavy atom. The molecule has 0 unspecified atom stereocenters. The smallest absolute Gasteiger partial charge is 0.415 e. The van der Waals surface area contributed by atoms with Crippen LogP contribution in [0, 0.1) is 6.92 Å². The number of morpholine rings is 1. The van der Waals surface area contributed by atoms with E-state index in [-0.39, 0.29) is 0 Å². The van der Waals surface area contributed by atoms with Crippen LogP contribution < -0.4 is 15.1 Å². The lowest BCUT2D eigenvalue weighted by atomic mass is 9.99. The van der Waals surface area contributed by atoms with E-state index in [1.54, 1.807) is 36.3 Å². The molecule has 1 aliphatic rings. The summed E-state index contributed by atoms with van der Waals surface area (Å²) in [6.07, 6.45) is -0.445. The standard InChI is InChI=1S/C22H21NO6/c1-14-18-7-6-17(28-22(25)23-8-10-27-11-9-23)13-19(18)29-21(24)20(14)15-4-3-5-16(12-15)26-2/h3-7,12-13H,8-11H2,1-2H3. The summed E-state index contributed by atoms with van der Waals surface area (Å²) in [5, 5.41) is 0.772. The van der Waals surface area contributed by atoms with Crippen molar-refractivity contribution in [1.29, 1.82) is 0 Å². The van der Waals surface area contributed by atoms with E-state index in [4.69, 9.17) is 18.6 Å². The zero-order chi connectivity index (χ0) is 20.4. The molecule has 7 nitrogen and oxygen atoms in total. The van der Waals surface area contributed by atoms with Gasteiger partial charge >= 0.3 is 11.7 Å². The Hall–Kier alpha value is -3.32. The Balaban J connectivity index is 1.68. The highest BCUT2D eigenvalue weighted by Crippen LogP contribution is 2.30. The summed E-state index contributed by atoms with van der Waals surface area (Å²) < 4.78 is 21.5. The van der Waals surface area contributed by atoms with E-state index in [2.05, 4.69) is 0 Å². The maximum atomic E-state index is 12.7. The molecule has 0 bridgehead atoms. The summed E-state index contributed by atoms with van der Waals surface area (Å²) in [7, 11) is 1.58. The predicted molar refractivity (Wildman–Crippen MR) is 108 cm³/mol. The van der Waals surface area contributed by atoms with Gasteiger partial charge in [-0.1, -0.05) is 12.1 Å². The molecule has 29 heavy (non-hydrogen) atoms. The molecule has 0 aliphatic carbocycles. The molecule has 1 amide bonds. The van der Waals surface area contributed by atoms with Gasteiger partial charge in [-0.25, -0.2) is 9.59 Å². The van der Waals surface area contributed by atoms with Crippen molar-refractivity contribution in [2.45, 2.75) is 6.92 Å². The average Bonchev–Trinajstić information content (AvgIpc) is 2.74. The fraction of sp³-hybridized carbons (Fsp3) is 0.273. The first-order valence-corrected chi connectivity index (χ1v) is 9.33. The van der Waals surface area contributed by atoms with E-state index < -0.39 is 11.7 Å². The van der Waals surface area contributed by atoms with Gasteiger partial charge in [-0.2, -0.15) is 0 Å². The fourth-order valence-electron chi connectivity index (χ4n) is 3.42. The third kappa shape index (κ3) is 3.82. The van der Waals surface area contributed by atoms with Crippen molar-refractivity contribution < 1.29 is 23.4 Å². The van der Waals surface area contributed by atoms with Gasteiger partial charge in [0.05, 0.1) is 25.9 Å². The van der Waals surface area contributed by atoms with Gasteiger partial charge < -0.3 is 23.5 Å². The van der Waals surface area contributed by atoms with Crippen LogP contribution in [0.4, 0.5) is 4.79 Å². The van der Waals surface area contributed by atoms with Crippen LogP contribution in [-0.2, 0) is 4.74 Å². The van der Waals surface area contributed by atoms with Gasteiger partial charge in [0, 0.05) is 24.5 Å². The molecule has 0 atom stereocenters. The largest absolute Gasteiger partial charge is 0.497 e. The molecular formula is C22H21NO6. The van der Waals surface area contributed by atoms with E-state index in [1.807, 2.05) is 25.1 Å². The lowest BCUT2D eigenvalue weighted by molar-refractivity contribution is 0.0416. The Morgan fingerprint density at radius 2 is 1.86 bits per heavy atom. The van der Waals surface area contributed by atoms with Crippen molar-refractivity contribution in [3.8, 4) is 22.6 Å². The Kier molecular flexibility index (Phi) is 5.22. The number of methoxy groups -OCH3 is 1. The SMILES string of the molecule is COc1cccc(-c2c(C)c3ccc(OC(=O)N4CCOCC4)cc3oc2=O)c1. The molecule has 1 fully saturated rings. The summed E-state index contributed by atoms with van der Waals surface area (Å²) in [6.45, 7) is 3.84. The number of ether oxygens (including phenoxy) is 3. The number of benzene rings is 2. The minimum Gasteiger partial charge on any atom is -0.497 e. The van der Waals surface area contributed by atoms with E-state index >= 15 is 0 Å². The van der Waals surface area contributed by atoms with E-state index in [0.29, 0.717) is 48.9 Å². The Morgan fingerprint density at radius 3 is 2.62 bits per heavy atom. The summed E-state index contributed by atoms with van der Waals surface area (Å²) in [5.74, 6) is 0.984. The molecule has 3 aromatic rings. The van der Waals surface area contributed by atoms with Crippen molar-refractivity contribution in [2.24, 2.45) is 0 Å². The van der Waals surface area contributed by atoms with Gasteiger partial charge in [0.1, 0.15) is 17.1 Å². The van der Waals surface area contributed by atoms with Crippen LogP contribution in [0.2, 0.25) is 0 Å². The molecule has 0 saturated carbocycles. The van der Waals surface area contributed by atoms with E-state index in [0.717, 1.165) is 16.5 Å². The third-order valence-electron chi connectivity index (χ3n) is 4.97. The molecule has 150 valence electrons. The van der Waals surface area contributed by atoms with Gasteiger partial charge in [-0.05, 0) is 42.3 Å². The molecule has 2 aromatic carbocycles. The summed E-state index contributed by atoms with van der Waals surface area (Å²) in [4.78, 5) is 26.6. The molecule has 0 N–H and O–H groups in total. The van der Waals surface area contributed by atoms with Crippen molar-refractivity contribution in [3.05, 3.63) is 58.4 Å². The second-order valence-electron chi connectivity index (χ2n) is 6.75. The predicted octanol–water partition coefficient (Wildman–Crippen LogP) is 3.61. The molecule has 1 aromatic heterocycles. The van der Waals surface area contributed by atoms with Crippen molar-refractivity contribution in [2.75, 3.05) is 33.4 Å². The van der Waals surface area contributed by atoms with E-state index in [9.17, 15) is 9.59 Å². The van der Waals surface area contributed by atoms with Crippen LogP contribution in [0.5, 0.6) is 11.5 Å². The maximum Gasteiger partial charge on any atom is 0.415 e. The first-order chi connectivity index (χ1) is 14.1. The maximum absolute atomic E-state index is 12.7. The third-order valence-corrected chi connectivity index (χ3v) is 4.97. The topological polar surface area (TPSA) is 78.2 Å². The summed E-state index contributed by atoms with van der Waals surface area (Å²) in [6, 6.07) is 12.3. The number of hydrogen-bond donors (Lipinski definition) is 0. The second-order valence-corrected chi connectivity index (χ2v) is 6.75. The molecule has 4 rings (SSSR count). The monoisotopic (exact) mass is 395 g/mol. The molecule has 0 radical (unpaired) electrons. The average molecular weight is 395 g/mol. The summed E-state index contributed by atoms with van der Waals surface area (Å²) in [5.41, 5.74) is 1.90. The molecular weight excluding hydrogens is 374 g/mol. The fourth-order valence-corrected chi connectivity index (χ4v) is 3.42. The molecule has 2 heterocycles. The Bertz CT molecular complexity index is 1110. The van der Waals surface area contributed by atoms with Gasteiger partial charge in [0.25, 0.3) is 0 Å². The Labute approximate surface area is 167 Å². The molecule has 0 spiro atoms. The molecule has 1 aliphatic heterocycles. The highest BCUT2D eigenvalue weighted by molar-refractivity contribution is 5.88. The number of hydrogen-bond acceptors (Lipinski definition) is 6. The van der Waals surface area contributed by atoms with Gasteiger partial charge in [-0.3, -0.25) is 0 Å². The minimum atomic E-state index is -0.458. The second kappa shape index (κ2) is 7.97. The van der Waals surface area contributed by atoms with Crippen LogP contribution in [-0.4, -0.2) is 44.4 Å². The highest BCUT2D eigenvalue weighted by Gasteiger charge is 2.20. The number of aryl methyl sites for hydroxylation is 1. The number of rotatable bonds is 3. The van der Waals surface area contributed by atoms with Crippen molar-refractivity contribution in [3.63, 3.8) is 0 Å². The first kappa shape index (κ1) is 19.0. The van der Waals surface area contributed by atoms with Gasteiger partial charge in [0.15, 0.2) is 0 Å². The molecule has 7 heteroatoms. The van der Waals surface area contributed by atoms with Crippen LogP contribution in [0.25, 0.3) is 22.1 Å². The number of carbonyl (C=O) groups excluding carboxylic acids is 1. The van der Waals surface area contributed by atoms with Crippen LogP contribution in [0.15, 0.2) is 51.7 Å². The van der Waals surface area contributed by atoms with Crippen LogP contribution in [0.3, 0.4) is 0 Å². The van der Waals surface area contributed by atoms with Crippen molar-refractivity contribution >= 4 is 17.1 Å². The highest BCUT2D eigenvalue weighted by atomic mass is 16.6. The quantitative estimate of drug-likeness (QED) is 0.631. The summed E-state index contributed by atoms with van der Waals surface area (Å²) >= 11 is 0. The van der Waals surface area contributed by atoms with E-state index in [1.165, 1.54) is 0 Å². The number of amides is 1. The van der Waals surface area contributed by atoms with Crippen LogP contribution in [0.1, 0.15) is 5.56 Å². The zero-order valence-electron chi connectivity index (χ0n) is 16.3. The van der Waals surface area contributed by atoms with Gasteiger partial charge in [-0.15, -0.1) is 0 Å². The number of fused-ring (bicyclic) bond motifs is 1. The molecule has 1 saturated heterocycles. The number of nitrogens with zero attached hydrogens (tertiary/aromatic N) is 1. The lowest BCUT2D eigenvalue weighted by Crippen LogP contribution is -2.42. The normalized spacial score (nSPS) is 14.1.